The van der Waals surface area contributed by atoms with Crippen LogP contribution in [0.4, 0.5) is 0 Å². The molecule has 1 aliphatic carbocycles. The first-order chi connectivity index (χ1) is 9.81. The average molecular weight is 323 g/mol. The van der Waals surface area contributed by atoms with E-state index in [9.17, 15) is 4.79 Å². The van der Waals surface area contributed by atoms with E-state index in [0.717, 1.165) is 32.8 Å². The molecule has 0 amide bonds. The van der Waals surface area contributed by atoms with E-state index in [2.05, 4.69) is 34.1 Å². The first-order valence-electron chi connectivity index (χ1n) is 6.56. The molecule has 96 valence electrons. The topological polar surface area (TPSA) is 17.1 Å². The maximum absolute atomic E-state index is 12.7. The summed E-state index contributed by atoms with van der Waals surface area (Å²) in [6.07, 6.45) is 0. The zero-order valence-electron chi connectivity index (χ0n) is 10.7. The summed E-state index contributed by atoms with van der Waals surface area (Å²) in [6.45, 7) is 0. The van der Waals surface area contributed by atoms with E-state index in [4.69, 9.17) is 0 Å². The molecule has 4 rings (SSSR count). The lowest BCUT2D eigenvalue weighted by atomic mass is 9.81. The SMILES string of the molecule is O=C1c2ccccc2-c2c(CBr)ccc3cccc1c23. The van der Waals surface area contributed by atoms with Crippen LogP contribution in [0, 0.1) is 0 Å². The minimum Gasteiger partial charge on any atom is -0.289 e. The lowest BCUT2D eigenvalue weighted by Gasteiger charge is -2.22. The molecule has 0 atom stereocenters. The number of hydrogen-bond acceptors (Lipinski definition) is 1. The maximum atomic E-state index is 12.7. The van der Waals surface area contributed by atoms with Crippen molar-refractivity contribution < 1.29 is 4.79 Å². The van der Waals surface area contributed by atoms with Gasteiger partial charge in [-0.05, 0) is 22.1 Å². The van der Waals surface area contributed by atoms with Crippen molar-refractivity contribution in [3.63, 3.8) is 0 Å². The molecule has 0 saturated heterocycles. The van der Waals surface area contributed by atoms with Crippen molar-refractivity contribution in [3.05, 3.63) is 71.3 Å². The van der Waals surface area contributed by atoms with Gasteiger partial charge in [-0.2, -0.15) is 0 Å². The van der Waals surface area contributed by atoms with E-state index in [1.807, 2.05) is 36.4 Å². The van der Waals surface area contributed by atoms with Crippen molar-refractivity contribution in [3.8, 4) is 11.1 Å². The Kier molecular flexibility index (Phi) is 2.54. The molecule has 0 bridgehead atoms. The van der Waals surface area contributed by atoms with Gasteiger partial charge in [0.05, 0.1) is 0 Å². The van der Waals surface area contributed by atoms with Crippen molar-refractivity contribution in [2.75, 3.05) is 0 Å². The highest BCUT2D eigenvalue weighted by Crippen LogP contribution is 2.41. The van der Waals surface area contributed by atoms with Crippen LogP contribution in [0.15, 0.2) is 54.6 Å². The molecule has 1 aliphatic rings. The molecule has 20 heavy (non-hydrogen) atoms. The van der Waals surface area contributed by atoms with E-state index in [1.165, 1.54) is 11.1 Å². The van der Waals surface area contributed by atoms with Crippen LogP contribution in [0.5, 0.6) is 0 Å². The number of rotatable bonds is 1. The number of fused-ring (bicyclic) bond motifs is 2. The highest BCUT2D eigenvalue weighted by Gasteiger charge is 2.26. The Morgan fingerprint density at radius 1 is 0.800 bits per heavy atom. The second-order valence-electron chi connectivity index (χ2n) is 5.01. The Morgan fingerprint density at radius 2 is 1.55 bits per heavy atom. The van der Waals surface area contributed by atoms with Crippen molar-refractivity contribution in [2.45, 2.75) is 5.33 Å². The van der Waals surface area contributed by atoms with Gasteiger partial charge in [0.1, 0.15) is 0 Å². The molecular formula is C18H11BrO. The number of alkyl halides is 1. The molecule has 0 fully saturated rings. The third kappa shape index (κ3) is 1.46. The van der Waals surface area contributed by atoms with Gasteiger partial charge in [-0.1, -0.05) is 70.5 Å². The second kappa shape index (κ2) is 4.29. The molecule has 1 nitrogen and oxygen atoms in total. The summed E-state index contributed by atoms with van der Waals surface area (Å²) in [5.74, 6) is 0.130. The largest absolute Gasteiger partial charge is 0.289 e. The van der Waals surface area contributed by atoms with E-state index >= 15 is 0 Å². The molecule has 0 aliphatic heterocycles. The Bertz CT molecular complexity index is 864. The number of halogens is 1. The van der Waals surface area contributed by atoms with Crippen LogP contribution in [0.1, 0.15) is 21.5 Å². The van der Waals surface area contributed by atoms with E-state index in [1.54, 1.807) is 0 Å². The van der Waals surface area contributed by atoms with Gasteiger partial charge in [-0.3, -0.25) is 4.79 Å². The summed E-state index contributed by atoms with van der Waals surface area (Å²) >= 11 is 3.57. The van der Waals surface area contributed by atoms with Gasteiger partial charge in [0.2, 0.25) is 0 Å². The van der Waals surface area contributed by atoms with Gasteiger partial charge in [-0.15, -0.1) is 0 Å². The van der Waals surface area contributed by atoms with Crippen LogP contribution in [-0.4, -0.2) is 5.78 Å². The van der Waals surface area contributed by atoms with Crippen LogP contribution in [0.25, 0.3) is 21.9 Å². The Morgan fingerprint density at radius 3 is 2.35 bits per heavy atom. The van der Waals surface area contributed by atoms with Gasteiger partial charge in [0, 0.05) is 21.8 Å². The second-order valence-corrected chi connectivity index (χ2v) is 5.57. The summed E-state index contributed by atoms with van der Waals surface area (Å²) in [5.41, 5.74) is 5.10. The molecule has 0 saturated carbocycles. The molecule has 0 unspecified atom stereocenters. The van der Waals surface area contributed by atoms with Gasteiger partial charge in [0.15, 0.2) is 5.78 Å². The quantitative estimate of drug-likeness (QED) is 0.453. The van der Waals surface area contributed by atoms with Crippen LogP contribution in [-0.2, 0) is 5.33 Å². The number of carbonyl (C=O) groups excluding carboxylic acids is 1. The summed E-state index contributed by atoms with van der Waals surface area (Å²) in [4.78, 5) is 12.7. The fourth-order valence-corrected chi connectivity index (χ4v) is 3.54. The minimum absolute atomic E-state index is 0.130. The summed E-state index contributed by atoms with van der Waals surface area (Å²) in [5, 5.41) is 3.01. The van der Waals surface area contributed by atoms with Crippen LogP contribution < -0.4 is 0 Å². The predicted molar refractivity (Wildman–Crippen MR) is 85.4 cm³/mol. The molecule has 3 aromatic rings. The van der Waals surface area contributed by atoms with Gasteiger partial charge >= 0.3 is 0 Å². The fourth-order valence-electron chi connectivity index (χ4n) is 3.07. The maximum Gasteiger partial charge on any atom is 0.194 e. The summed E-state index contributed by atoms with van der Waals surface area (Å²) in [6, 6.07) is 18.1. The predicted octanol–water partition coefficient (Wildman–Crippen LogP) is 4.95. The van der Waals surface area contributed by atoms with Crippen LogP contribution in [0.3, 0.4) is 0 Å². The Balaban J connectivity index is 2.28. The smallest absolute Gasteiger partial charge is 0.194 e. The summed E-state index contributed by atoms with van der Waals surface area (Å²) in [7, 11) is 0. The lowest BCUT2D eigenvalue weighted by Crippen LogP contribution is -2.10. The Hall–Kier alpha value is -1.93. The zero-order valence-corrected chi connectivity index (χ0v) is 12.3. The molecule has 0 aromatic heterocycles. The number of ketones is 1. The first kappa shape index (κ1) is 11.9. The lowest BCUT2D eigenvalue weighted by molar-refractivity contribution is 0.104. The fraction of sp³-hybridized carbons (Fsp3) is 0.0556. The number of carbonyl (C=O) groups is 1. The third-order valence-corrected chi connectivity index (χ3v) is 4.57. The first-order valence-corrected chi connectivity index (χ1v) is 7.68. The van der Waals surface area contributed by atoms with E-state index in [-0.39, 0.29) is 5.78 Å². The summed E-state index contributed by atoms with van der Waals surface area (Å²) < 4.78 is 0. The molecule has 0 N–H and O–H groups in total. The van der Waals surface area contributed by atoms with Crippen molar-refractivity contribution in [1.29, 1.82) is 0 Å². The zero-order chi connectivity index (χ0) is 13.7. The number of hydrogen-bond donors (Lipinski definition) is 0. The number of benzene rings is 3. The van der Waals surface area contributed by atoms with Crippen molar-refractivity contribution in [1.82, 2.24) is 0 Å². The molecule has 0 radical (unpaired) electrons. The minimum atomic E-state index is 0.130. The monoisotopic (exact) mass is 322 g/mol. The van der Waals surface area contributed by atoms with Gasteiger partial charge < -0.3 is 0 Å². The third-order valence-electron chi connectivity index (χ3n) is 3.96. The van der Waals surface area contributed by atoms with Gasteiger partial charge in [0.25, 0.3) is 0 Å². The highest BCUT2D eigenvalue weighted by atomic mass is 79.9. The van der Waals surface area contributed by atoms with Crippen molar-refractivity contribution >= 4 is 32.5 Å². The molecule has 2 heteroatoms. The highest BCUT2D eigenvalue weighted by molar-refractivity contribution is 9.08. The standard InChI is InChI=1S/C18H11BrO/c19-10-12-9-8-11-4-3-7-15-16(11)17(12)13-5-1-2-6-14(13)18(15)20/h1-9H,10H2. The molecule has 3 aromatic carbocycles. The van der Waals surface area contributed by atoms with Crippen molar-refractivity contribution in [2.24, 2.45) is 0 Å². The van der Waals surface area contributed by atoms with E-state index < -0.39 is 0 Å². The Labute approximate surface area is 125 Å². The molecular weight excluding hydrogens is 312 g/mol. The van der Waals surface area contributed by atoms with Gasteiger partial charge in [-0.25, -0.2) is 0 Å². The van der Waals surface area contributed by atoms with Crippen LogP contribution >= 0.6 is 15.9 Å². The average Bonchev–Trinajstić information content (AvgIpc) is 2.52. The normalized spacial score (nSPS) is 12.6. The molecule has 0 heterocycles. The van der Waals surface area contributed by atoms with Crippen LogP contribution in [0.2, 0.25) is 0 Å². The molecule has 0 spiro atoms. The van der Waals surface area contributed by atoms with E-state index in [0.29, 0.717) is 0 Å².